The van der Waals surface area contributed by atoms with Gasteiger partial charge in [-0.2, -0.15) is 9.97 Å². The van der Waals surface area contributed by atoms with E-state index in [1.807, 2.05) is 31.3 Å². The van der Waals surface area contributed by atoms with Crippen molar-refractivity contribution in [3.8, 4) is 17.0 Å². The SMILES string of the molecule is CNC(=O)C1CCC(Nc2nc(OC3CCCC3)c3c(-c4ccc5nc(C)oc5c4)c[nH]c3n2)C(OC)C1. The quantitative estimate of drug-likeness (QED) is 0.320. The van der Waals surface area contributed by atoms with Crippen molar-refractivity contribution in [2.45, 2.75) is 70.1 Å². The maximum absolute atomic E-state index is 12.2. The molecular weight excluding hydrogens is 484 g/mol. The number of carbonyl (C=O) groups excluding carboxylic acids is 1. The van der Waals surface area contributed by atoms with Gasteiger partial charge in [-0.1, -0.05) is 6.07 Å². The number of H-pyrrole nitrogens is 1. The van der Waals surface area contributed by atoms with Crippen LogP contribution in [0.4, 0.5) is 5.95 Å². The first-order chi connectivity index (χ1) is 18.5. The summed E-state index contributed by atoms with van der Waals surface area (Å²) < 4.78 is 18.1. The molecule has 0 aliphatic heterocycles. The fourth-order valence-electron chi connectivity index (χ4n) is 5.91. The first-order valence-electron chi connectivity index (χ1n) is 13.5. The van der Waals surface area contributed by atoms with E-state index in [1.54, 1.807) is 14.2 Å². The van der Waals surface area contributed by atoms with Gasteiger partial charge in [-0.15, -0.1) is 0 Å². The van der Waals surface area contributed by atoms with Crippen molar-refractivity contribution in [3.05, 3.63) is 30.3 Å². The summed E-state index contributed by atoms with van der Waals surface area (Å²) in [6, 6.07) is 5.99. The number of hydrogen-bond acceptors (Lipinski definition) is 8. The number of rotatable bonds is 7. The molecule has 3 N–H and O–H groups in total. The third-order valence-electron chi connectivity index (χ3n) is 7.91. The molecule has 4 aromatic rings. The van der Waals surface area contributed by atoms with Gasteiger partial charge >= 0.3 is 0 Å². The molecule has 2 aliphatic rings. The molecule has 10 nitrogen and oxygen atoms in total. The molecule has 0 bridgehead atoms. The predicted molar refractivity (Wildman–Crippen MR) is 144 cm³/mol. The van der Waals surface area contributed by atoms with Gasteiger partial charge in [0.25, 0.3) is 0 Å². The fourth-order valence-corrected chi connectivity index (χ4v) is 5.91. The molecule has 6 rings (SSSR count). The summed E-state index contributed by atoms with van der Waals surface area (Å²) in [5.74, 6) is 1.71. The molecular formula is C28H34N6O4. The van der Waals surface area contributed by atoms with E-state index < -0.39 is 0 Å². The lowest BCUT2D eigenvalue weighted by atomic mass is 9.83. The molecule has 3 atom stereocenters. The number of nitrogens with zero attached hydrogens (tertiary/aromatic N) is 3. The molecule has 38 heavy (non-hydrogen) atoms. The Morgan fingerprint density at radius 3 is 2.76 bits per heavy atom. The topological polar surface area (TPSA) is 127 Å². The molecule has 10 heteroatoms. The van der Waals surface area contributed by atoms with Crippen molar-refractivity contribution in [2.24, 2.45) is 5.92 Å². The van der Waals surface area contributed by atoms with Crippen molar-refractivity contribution >= 4 is 34.0 Å². The highest BCUT2D eigenvalue weighted by Crippen LogP contribution is 2.38. The van der Waals surface area contributed by atoms with E-state index in [0.717, 1.165) is 66.1 Å². The average molecular weight is 519 g/mol. The highest BCUT2D eigenvalue weighted by atomic mass is 16.5. The van der Waals surface area contributed by atoms with Gasteiger partial charge in [0.05, 0.1) is 17.5 Å². The molecule has 0 spiro atoms. The summed E-state index contributed by atoms with van der Waals surface area (Å²) in [5.41, 5.74) is 4.20. The normalized spacial score (nSPS) is 22.2. The van der Waals surface area contributed by atoms with Crippen LogP contribution in [0.25, 0.3) is 33.3 Å². The smallest absolute Gasteiger partial charge is 0.228 e. The highest BCUT2D eigenvalue weighted by molar-refractivity contribution is 5.99. The van der Waals surface area contributed by atoms with E-state index >= 15 is 0 Å². The van der Waals surface area contributed by atoms with Crippen LogP contribution in [-0.2, 0) is 9.53 Å². The Morgan fingerprint density at radius 2 is 1.97 bits per heavy atom. The van der Waals surface area contributed by atoms with Crippen LogP contribution in [0.1, 0.15) is 50.8 Å². The third-order valence-corrected chi connectivity index (χ3v) is 7.91. The van der Waals surface area contributed by atoms with Gasteiger partial charge in [0.1, 0.15) is 17.3 Å². The number of fused-ring (bicyclic) bond motifs is 2. The monoisotopic (exact) mass is 518 g/mol. The van der Waals surface area contributed by atoms with Crippen LogP contribution < -0.4 is 15.4 Å². The predicted octanol–water partition coefficient (Wildman–Crippen LogP) is 4.74. The van der Waals surface area contributed by atoms with Crippen molar-refractivity contribution in [3.63, 3.8) is 0 Å². The van der Waals surface area contributed by atoms with Crippen LogP contribution in [0.2, 0.25) is 0 Å². The number of methoxy groups -OCH3 is 1. The number of amides is 1. The molecule has 1 amide bonds. The van der Waals surface area contributed by atoms with Crippen LogP contribution in [0.3, 0.4) is 0 Å². The standard InChI is InChI=1S/C28H34N6O4/c1-15-31-21-10-8-16(12-23(21)37-15)19-14-30-25-24(19)27(38-18-6-4-5-7-18)34-28(33-25)32-20-11-9-17(26(35)29-2)13-22(20)36-3/h8,10,12,14,17-18,20,22H,4-7,9,11,13H2,1-3H3,(H,29,35)(H2,30,32,33,34). The zero-order valence-corrected chi connectivity index (χ0v) is 22.0. The van der Waals surface area contributed by atoms with Gasteiger partial charge in [-0.3, -0.25) is 4.79 Å². The highest BCUT2D eigenvalue weighted by Gasteiger charge is 2.34. The Kier molecular flexibility index (Phi) is 6.65. The summed E-state index contributed by atoms with van der Waals surface area (Å²) >= 11 is 0. The van der Waals surface area contributed by atoms with Crippen molar-refractivity contribution in [1.82, 2.24) is 25.3 Å². The summed E-state index contributed by atoms with van der Waals surface area (Å²) in [6.45, 7) is 1.85. The molecule has 0 radical (unpaired) electrons. The Bertz CT molecular complexity index is 1460. The Morgan fingerprint density at radius 1 is 1.13 bits per heavy atom. The Labute approximate surface area is 220 Å². The lowest BCUT2D eigenvalue weighted by Crippen LogP contribution is -2.44. The van der Waals surface area contributed by atoms with Crippen molar-refractivity contribution < 1.29 is 18.7 Å². The molecule has 200 valence electrons. The molecule has 2 fully saturated rings. The molecule has 3 aromatic heterocycles. The Hall–Kier alpha value is -3.66. The lowest BCUT2D eigenvalue weighted by molar-refractivity contribution is -0.127. The fraction of sp³-hybridized carbons (Fsp3) is 0.500. The van der Waals surface area contributed by atoms with Crippen LogP contribution in [0, 0.1) is 12.8 Å². The summed E-state index contributed by atoms with van der Waals surface area (Å²) in [5, 5.41) is 7.10. The zero-order chi connectivity index (χ0) is 26.2. The summed E-state index contributed by atoms with van der Waals surface area (Å²) in [6.07, 6.45) is 8.53. The van der Waals surface area contributed by atoms with Crippen LogP contribution in [0.15, 0.2) is 28.8 Å². The minimum Gasteiger partial charge on any atom is -0.474 e. The first-order valence-corrected chi connectivity index (χ1v) is 13.5. The van der Waals surface area contributed by atoms with Gasteiger partial charge < -0.3 is 29.5 Å². The van der Waals surface area contributed by atoms with E-state index in [4.69, 9.17) is 23.9 Å². The summed E-state index contributed by atoms with van der Waals surface area (Å²) in [4.78, 5) is 29.7. The minimum atomic E-state index is -0.124. The number of aryl methyl sites for hydroxylation is 1. The van der Waals surface area contributed by atoms with E-state index in [1.165, 1.54) is 0 Å². The average Bonchev–Trinajstić information content (AvgIpc) is 3.67. The second kappa shape index (κ2) is 10.2. The maximum atomic E-state index is 12.2. The first kappa shape index (κ1) is 24.7. The number of aromatic amines is 1. The number of ether oxygens (including phenoxy) is 2. The second-order valence-corrected chi connectivity index (χ2v) is 10.4. The van der Waals surface area contributed by atoms with E-state index in [2.05, 4.69) is 20.6 Å². The second-order valence-electron chi connectivity index (χ2n) is 10.4. The largest absolute Gasteiger partial charge is 0.474 e. The van der Waals surface area contributed by atoms with E-state index in [0.29, 0.717) is 29.8 Å². The molecule has 3 unspecified atom stereocenters. The number of aromatic nitrogens is 4. The van der Waals surface area contributed by atoms with Gasteiger partial charge in [0, 0.05) is 38.8 Å². The zero-order valence-electron chi connectivity index (χ0n) is 22.0. The summed E-state index contributed by atoms with van der Waals surface area (Å²) in [7, 11) is 3.37. The van der Waals surface area contributed by atoms with E-state index in [-0.39, 0.29) is 30.1 Å². The van der Waals surface area contributed by atoms with Gasteiger partial charge in [-0.25, -0.2) is 4.98 Å². The number of anilines is 1. The number of nitrogens with one attached hydrogen (secondary N) is 3. The van der Waals surface area contributed by atoms with Crippen LogP contribution >= 0.6 is 0 Å². The van der Waals surface area contributed by atoms with Gasteiger partial charge in [0.2, 0.25) is 17.7 Å². The lowest BCUT2D eigenvalue weighted by Gasteiger charge is -2.35. The number of oxazole rings is 1. The van der Waals surface area contributed by atoms with Crippen molar-refractivity contribution in [1.29, 1.82) is 0 Å². The van der Waals surface area contributed by atoms with Crippen molar-refractivity contribution in [2.75, 3.05) is 19.5 Å². The molecule has 2 saturated carbocycles. The van der Waals surface area contributed by atoms with Crippen LogP contribution in [-0.4, -0.2) is 58.3 Å². The molecule has 2 aliphatic carbocycles. The van der Waals surface area contributed by atoms with Crippen LogP contribution in [0.5, 0.6) is 5.88 Å². The number of hydrogen-bond donors (Lipinski definition) is 3. The molecule has 1 aromatic carbocycles. The number of carbonyl (C=O) groups is 1. The molecule has 0 saturated heterocycles. The molecule has 3 heterocycles. The van der Waals surface area contributed by atoms with E-state index in [9.17, 15) is 4.79 Å². The Balaban J connectivity index is 1.34. The minimum absolute atomic E-state index is 0.00998. The van der Waals surface area contributed by atoms with Gasteiger partial charge in [-0.05, 0) is 62.6 Å². The number of benzene rings is 1. The maximum Gasteiger partial charge on any atom is 0.228 e. The third kappa shape index (κ3) is 4.69. The van der Waals surface area contributed by atoms with Gasteiger partial charge in [0.15, 0.2) is 11.5 Å².